The number of carbonyl (C=O) groups is 4. The molecule has 9 heteroatoms. The third-order valence-corrected chi connectivity index (χ3v) is 6.42. The lowest BCUT2D eigenvalue weighted by atomic mass is 9.77. The maximum absolute atomic E-state index is 12.1. The first-order chi connectivity index (χ1) is 11.8. The first-order valence-electron chi connectivity index (χ1n) is 7.78. The molecule has 3 saturated heterocycles. The van der Waals surface area contributed by atoms with Gasteiger partial charge in [-0.1, -0.05) is 6.58 Å². The van der Waals surface area contributed by atoms with E-state index in [4.69, 9.17) is 18.9 Å². The summed E-state index contributed by atoms with van der Waals surface area (Å²) < 4.78 is 20.2. The molecule has 0 spiro atoms. The van der Waals surface area contributed by atoms with Crippen molar-refractivity contribution in [3.63, 3.8) is 0 Å². The number of carbonyl (C=O) groups excluding carboxylic acids is 4. The summed E-state index contributed by atoms with van der Waals surface area (Å²) in [5.41, 5.74) is 0.175. The van der Waals surface area contributed by atoms with E-state index in [0.29, 0.717) is 0 Å². The Morgan fingerprint density at radius 2 is 1.96 bits per heavy atom. The van der Waals surface area contributed by atoms with Crippen LogP contribution in [0.2, 0.25) is 0 Å². The van der Waals surface area contributed by atoms with Crippen LogP contribution < -0.4 is 0 Å². The van der Waals surface area contributed by atoms with Crippen LogP contribution in [-0.2, 0) is 38.1 Å². The van der Waals surface area contributed by atoms with E-state index in [2.05, 4.69) is 6.58 Å². The third-order valence-electron chi connectivity index (χ3n) is 4.61. The number of methoxy groups -OCH3 is 1. The molecule has 6 unspecified atom stereocenters. The lowest BCUT2D eigenvalue weighted by Gasteiger charge is -2.29. The molecule has 8 nitrogen and oxygen atoms in total. The predicted molar refractivity (Wildman–Crippen MR) is 84.3 cm³/mol. The number of hydrogen-bond acceptors (Lipinski definition) is 9. The molecule has 0 amide bonds. The van der Waals surface area contributed by atoms with E-state index in [0.717, 1.165) is 0 Å². The molecule has 3 aliphatic heterocycles. The Hall–Kier alpha value is -2.03. The molecule has 0 radical (unpaired) electrons. The zero-order valence-corrected chi connectivity index (χ0v) is 14.6. The van der Waals surface area contributed by atoms with Gasteiger partial charge in [0.2, 0.25) is 0 Å². The van der Waals surface area contributed by atoms with Gasteiger partial charge in [0.15, 0.2) is 18.8 Å². The van der Waals surface area contributed by atoms with Gasteiger partial charge in [0.1, 0.15) is 0 Å². The van der Waals surface area contributed by atoms with Crippen LogP contribution in [0.25, 0.3) is 0 Å². The number of rotatable bonds is 6. The Bertz CT molecular complexity index is 644. The summed E-state index contributed by atoms with van der Waals surface area (Å²) >= 11 is 1.50. The first kappa shape index (κ1) is 17.8. The van der Waals surface area contributed by atoms with E-state index in [1.54, 1.807) is 0 Å². The Balaban J connectivity index is 1.65. The molecule has 3 fully saturated rings. The Labute approximate surface area is 148 Å². The van der Waals surface area contributed by atoms with Crippen LogP contribution in [0.4, 0.5) is 0 Å². The highest BCUT2D eigenvalue weighted by atomic mass is 32.2. The van der Waals surface area contributed by atoms with Gasteiger partial charge in [-0.15, -0.1) is 11.8 Å². The minimum atomic E-state index is -0.732. The molecule has 3 heterocycles. The fourth-order valence-electron chi connectivity index (χ4n) is 3.53. The standard InChI is InChI=1S/C16H18O8S/c1-6(2)15(19)22-5-9(18)23-11-12-14-10(16(20)24-12)7(13(11)25-14)4-8(17)21-3/h7,10-14H,1,4-5H2,2-3H3. The van der Waals surface area contributed by atoms with Crippen LogP contribution in [0.15, 0.2) is 12.2 Å². The van der Waals surface area contributed by atoms with Crippen molar-refractivity contribution >= 4 is 35.6 Å². The van der Waals surface area contributed by atoms with E-state index >= 15 is 0 Å². The van der Waals surface area contributed by atoms with E-state index in [9.17, 15) is 19.2 Å². The zero-order valence-electron chi connectivity index (χ0n) is 13.8. The highest BCUT2D eigenvalue weighted by Gasteiger charge is 2.69. The summed E-state index contributed by atoms with van der Waals surface area (Å²) in [5, 5.41) is -0.366. The molecule has 2 bridgehead atoms. The van der Waals surface area contributed by atoms with Crippen LogP contribution in [0.3, 0.4) is 0 Å². The second-order valence-corrected chi connectivity index (χ2v) is 7.61. The van der Waals surface area contributed by atoms with E-state index in [1.165, 1.54) is 25.8 Å². The molecule has 25 heavy (non-hydrogen) atoms. The molecule has 0 aromatic carbocycles. The minimum absolute atomic E-state index is 0.0653. The Morgan fingerprint density at radius 1 is 1.24 bits per heavy atom. The molecule has 3 aliphatic rings. The number of ether oxygens (including phenoxy) is 4. The molecular formula is C16H18O8S. The topological polar surface area (TPSA) is 105 Å². The molecule has 0 aromatic rings. The minimum Gasteiger partial charge on any atom is -0.469 e. The van der Waals surface area contributed by atoms with Gasteiger partial charge in [-0.25, -0.2) is 9.59 Å². The van der Waals surface area contributed by atoms with Gasteiger partial charge in [-0.05, 0) is 12.8 Å². The normalized spacial score (nSPS) is 34.4. The van der Waals surface area contributed by atoms with Crippen molar-refractivity contribution in [2.45, 2.75) is 36.1 Å². The summed E-state index contributed by atoms with van der Waals surface area (Å²) in [5.74, 6) is -2.89. The van der Waals surface area contributed by atoms with Gasteiger partial charge in [0, 0.05) is 5.57 Å². The average molecular weight is 370 g/mol. The number of hydrogen-bond donors (Lipinski definition) is 0. The van der Waals surface area contributed by atoms with Gasteiger partial charge in [0.25, 0.3) is 0 Å². The monoisotopic (exact) mass is 370 g/mol. The van der Waals surface area contributed by atoms with Crippen LogP contribution in [-0.4, -0.2) is 60.3 Å². The third kappa shape index (κ3) is 3.12. The SMILES string of the molecule is C=C(C)C(=O)OCC(=O)OC1C2OC(=O)C3C(CC(=O)OC)C1SC23. The lowest BCUT2D eigenvalue weighted by molar-refractivity contribution is -0.167. The van der Waals surface area contributed by atoms with Crippen molar-refractivity contribution in [2.75, 3.05) is 13.7 Å². The number of fused-ring (bicyclic) bond motifs is 1. The largest absolute Gasteiger partial charge is 0.469 e. The summed E-state index contributed by atoms with van der Waals surface area (Å²) in [6.45, 7) is 4.34. The smallest absolute Gasteiger partial charge is 0.344 e. The molecule has 0 aliphatic carbocycles. The summed E-state index contributed by atoms with van der Waals surface area (Å²) in [4.78, 5) is 47.0. The molecule has 136 valence electrons. The molecule has 0 saturated carbocycles. The van der Waals surface area contributed by atoms with Gasteiger partial charge in [-0.3, -0.25) is 9.59 Å². The van der Waals surface area contributed by atoms with Crippen molar-refractivity contribution in [2.24, 2.45) is 11.8 Å². The van der Waals surface area contributed by atoms with E-state index < -0.39 is 36.7 Å². The molecule has 0 N–H and O–H groups in total. The Kier molecular flexibility index (Phi) is 4.77. The van der Waals surface area contributed by atoms with Crippen molar-refractivity contribution in [1.29, 1.82) is 0 Å². The van der Waals surface area contributed by atoms with Crippen molar-refractivity contribution in [1.82, 2.24) is 0 Å². The highest BCUT2D eigenvalue weighted by molar-refractivity contribution is 8.01. The van der Waals surface area contributed by atoms with Crippen LogP contribution >= 0.6 is 11.8 Å². The van der Waals surface area contributed by atoms with Gasteiger partial charge < -0.3 is 18.9 Å². The van der Waals surface area contributed by atoms with E-state index in [-0.39, 0.29) is 40.3 Å². The van der Waals surface area contributed by atoms with Crippen molar-refractivity contribution in [3.05, 3.63) is 12.2 Å². The van der Waals surface area contributed by atoms with Gasteiger partial charge >= 0.3 is 23.9 Å². The molecule has 6 atom stereocenters. The second-order valence-electron chi connectivity index (χ2n) is 6.25. The quantitative estimate of drug-likeness (QED) is 0.369. The fourth-order valence-corrected chi connectivity index (χ4v) is 5.58. The summed E-state index contributed by atoms with van der Waals surface area (Å²) in [7, 11) is 1.28. The van der Waals surface area contributed by atoms with Crippen LogP contribution in [0.5, 0.6) is 0 Å². The molecule has 0 aromatic heterocycles. The maximum atomic E-state index is 12.1. The van der Waals surface area contributed by atoms with Gasteiger partial charge in [0.05, 0.1) is 29.9 Å². The fraction of sp³-hybridized carbons (Fsp3) is 0.625. The predicted octanol–water partition coefficient (Wildman–Crippen LogP) is 0.236. The lowest BCUT2D eigenvalue weighted by Crippen LogP contribution is -2.46. The van der Waals surface area contributed by atoms with Crippen LogP contribution in [0, 0.1) is 11.8 Å². The number of thioether (sulfide) groups is 1. The molecular weight excluding hydrogens is 352 g/mol. The maximum Gasteiger partial charge on any atom is 0.344 e. The van der Waals surface area contributed by atoms with Gasteiger partial charge in [-0.2, -0.15) is 0 Å². The average Bonchev–Trinajstić information content (AvgIpc) is 3.16. The molecule has 3 rings (SSSR count). The number of esters is 4. The summed E-state index contributed by atoms with van der Waals surface area (Å²) in [6, 6.07) is 0. The van der Waals surface area contributed by atoms with Crippen molar-refractivity contribution in [3.8, 4) is 0 Å². The van der Waals surface area contributed by atoms with Crippen LogP contribution in [0.1, 0.15) is 13.3 Å². The Morgan fingerprint density at radius 3 is 2.60 bits per heavy atom. The highest BCUT2D eigenvalue weighted by Crippen LogP contribution is 2.59. The first-order valence-corrected chi connectivity index (χ1v) is 8.72. The van der Waals surface area contributed by atoms with Crippen molar-refractivity contribution < 1.29 is 38.1 Å². The zero-order chi connectivity index (χ0) is 18.3. The second kappa shape index (κ2) is 6.70. The summed E-state index contributed by atoms with van der Waals surface area (Å²) in [6.07, 6.45) is -1.12. The van der Waals surface area contributed by atoms with E-state index in [1.807, 2.05) is 0 Å².